The summed E-state index contributed by atoms with van der Waals surface area (Å²) in [5.41, 5.74) is 5.50. The third-order valence-corrected chi connectivity index (χ3v) is 6.01. The summed E-state index contributed by atoms with van der Waals surface area (Å²) in [7, 11) is 0. The Morgan fingerprint density at radius 2 is 2.00 bits per heavy atom. The van der Waals surface area contributed by atoms with Crippen molar-refractivity contribution in [2.45, 2.75) is 24.1 Å². The third kappa shape index (κ3) is 2.67. The van der Waals surface area contributed by atoms with Crippen LogP contribution in [0.15, 0.2) is 53.6 Å². The molecule has 1 aliphatic heterocycles. The van der Waals surface area contributed by atoms with Gasteiger partial charge in [-0.15, -0.1) is 11.8 Å². The number of para-hydroxylation sites is 2. The van der Waals surface area contributed by atoms with Gasteiger partial charge in [-0.05, 0) is 47.9 Å². The molecule has 0 bridgehead atoms. The van der Waals surface area contributed by atoms with E-state index in [1.165, 1.54) is 0 Å². The van der Waals surface area contributed by atoms with E-state index < -0.39 is 0 Å². The number of aromatic nitrogens is 2. The number of fused-ring (bicyclic) bond motifs is 4. The summed E-state index contributed by atoms with van der Waals surface area (Å²) in [6.07, 6.45) is 0.792. The van der Waals surface area contributed by atoms with Crippen molar-refractivity contribution in [1.82, 2.24) is 9.38 Å². The number of nitrogens with zero attached hydrogens (tertiary/aromatic N) is 3. The average molecular weight is 387 g/mol. The zero-order chi connectivity index (χ0) is 19.1. The first-order valence-corrected chi connectivity index (χ1v) is 10.1. The van der Waals surface area contributed by atoms with Gasteiger partial charge in [0.15, 0.2) is 17.1 Å². The van der Waals surface area contributed by atoms with Gasteiger partial charge in [0.2, 0.25) is 6.79 Å². The van der Waals surface area contributed by atoms with Gasteiger partial charge in [-0.3, -0.25) is 4.40 Å². The molecule has 0 aliphatic carbocycles. The number of nitriles is 1. The summed E-state index contributed by atoms with van der Waals surface area (Å²) in [5, 5.41) is 10.8. The van der Waals surface area contributed by atoms with Crippen molar-refractivity contribution < 1.29 is 9.47 Å². The number of hydrogen-bond acceptors (Lipinski definition) is 5. The third-order valence-electron chi connectivity index (χ3n) is 4.94. The van der Waals surface area contributed by atoms with Crippen LogP contribution in [0.1, 0.15) is 23.6 Å². The summed E-state index contributed by atoms with van der Waals surface area (Å²) in [4.78, 5) is 4.75. The summed E-state index contributed by atoms with van der Waals surface area (Å²) < 4.78 is 13.0. The molecule has 28 heavy (non-hydrogen) atoms. The van der Waals surface area contributed by atoms with Crippen LogP contribution in [0.3, 0.4) is 0 Å². The summed E-state index contributed by atoms with van der Waals surface area (Å²) in [6, 6.07) is 18.5. The molecule has 0 radical (unpaired) electrons. The molecule has 0 N–H and O–H groups in total. The maximum absolute atomic E-state index is 9.73. The molecule has 0 amide bonds. The van der Waals surface area contributed by atoms with Crippen LogP contribution >= 0.6 is 11.8 Å². The standard InChI is InChI=1S/C22H17N3O2S/c1-2-15-10-21(28-12-14-7-8-19-20(9-14)27-13-26-19)25-18-6-4-3-5-17(18)24-22(25)16(15)11-23/h3-10H,2,12-13H2,1H3. The predicted molar refractivity (Wildman–Crippen MR) is 109 cm³/mol. The Hall–Kier alpha value is -3.17. The van der Waals surface area contributed by atoms with E-state index in [1.54, 1.807) is 11.8 Å². The van der Waals surface area contributed by atoms with Gasteiger partial charge in [0, 0.05) is 5.75 Å². The van der Waals surface area contributed by atoms with Gasteiger partial charge in [0.1, 0.15) is 6.07 Å². The van der Waals surface area contributed by atoms with E-state index in [-0.39, 0.29) is 6.79 Å². The van der Waals surface area contributed by atoms with Crippen LogP contribution in [0, 0.1) is 11.3 Å². The fraction of sp³-hybridized carbons (Fsp3) is 0.182. The van der Waals surface area contributed by atoms with Crippen molar-refractivity contribution in [1.29, 1.82) is 5.26 Å². The van der Waals surface area contributed by atoms with Crippen molar-refractivity contribution in [3.63, 3.8) is 0 Å². The predicted octanol–water partition coefficient (Wildman–Crippen LogP) is 4.94. The highest BCUT2D eigenvalue weighted by Gasteiger charge is 2.17. The smallest absolute Gasteiger partial charge is 0.231 e. The Kier molecular flexibility index (Phi) is 4.10. The van der Waals surface area contributed by atoms with Gasteiger partial charge in [-0.25, -0.2) is 4.98 Å². The fourth-order valence-corrected chi connectivity index (χ4v) is 4.57. The van der Waals surface area contributed by atoms with Crippen LogP contribution in [0.25, 0.3) is 16.7 Å². The van der Waals surface area contributed by atoms with Gasteiger partial charge in [-0.2, -0.15) is 5.26 Å². The monoisotopic (exact) mass is 387 g/mol. The second-order valence-electron chi connectivity index (χ2n) is 6.58. The van der Waals surface area contributed by atoms with Crippen molar-refractivity contribution in [2.24, 2.45) is 0 Å². The first-order valence-electron chi connectivity index (χ1n) is 9.13. The number of benzene rings is 2. The molecule has 0 saturated heterocycles. The molecule has 0 fully saturated rings. The SMILES string of the molecule is CCc1cc(SCc2ccc3c(c2)OCO3)n2c(nc3ccccc32)c1C#N. The van der Waals surface area contributed by atoms with Crippen molar-refractivity contribution in [3.8, 4) is 17.6 Å². The lowest BCUT2D eigenvalue weighted by molar-refractivity contribution is 0.174. The first-order chi connectivity index (χ1) is 13.8. The minimum atomic E-state index is 0.281. The van der Waals surface area contributed by atoms with Gasteiger partial charge >= 0.3 is 0 Å². The van der Waals surface area contributed by atoms with Crippen LogP contribution < -0.4 is 9.47 Å². The Morgan fingerprint density at radius 3 is 2.86 bits per heavy atom. The molecule has 2 aromatic carbocycles. The highest BCUT2D eigenvalue weighted by atomic mass is 32.2. The van der Waals surface area contributed by atoms with E-state index in [0.717, 1.165) is 56.5 Å². The highest BCUT2D eigenvalue weighted by molar-refractivity contribution is 7.98. The Labute approximate surface area is 166 Å². The van der Waals surface area contributed by atoms with Gasteiger partial charge in [-0.1, -0.05) is 25.1 Å². The van der Waals surface area contributed by atoms with Crippen LogP contribution in [0.5, 0.6) is 11.5 Å². The second-order valence-corrected chi connectivity index (χ2v) is 7.58. The molecular weight excluding hydrogens is 370 g/mol. The minimum absolute atomic E-state index is 0.281. The van der Waals surface area contributed by atoms with E-state index in [2.05, 4.69) is 29.5 Å². The van der Waals surface area contributed by atoms with Crippen LogP contribution in [-0.4, -0.2) is 16.2 Å². The minimum Gasteiger partial charge on any atom is -0.454 e. The Bertz CT molecular complexity index is 1260. The molecule has 4 aromatic rings. The van der Waals surface area contributed by atoms with Crippen molar-refractivity contribution in [3.05, 3.63) is 65.2 Å². The number of pyridine rings is 1. The largest absolute Gasteiger partial charge is 0.454 e. The van der Waals surface area contributed by atoms with Crippen LogP contribution in [-0.2, 0) is 12.2 Å². The molecule has 2 aromatic heterocycles. The average Bonchev–Trinajstić information content (AvgIpc) is 3.35. The van der Waals surface area contributed by atoms with E-state index in [9.17, 15) is 5.26 Å². The number of hydrogen-bond donors (Lipinski definition) is 0. The number of rotatable bonds is 4. The number of aryl methyl sites for hydroxylation is 1. The molecule has 5 nitrogen and oxygen atoms in total. The molecule has 138 valence electrons. The Balaban J connectivity index is 1.61. The lowest BCUT2D eigenvalue weighted by Gasteiger charge is -2.11. The summed E-state index contributed by atoms with van der Waals surface area (Å²) in [6.45, 7) is 2.35. The summed E-state index contributed by atoms with van der Waals surface area (Å²) >= 11 is 1.73. The number of thioether (sulfide) groups is 1. The number of imidazole rings is 1. The molecule has 0 saturated carbocycles. The molecule has 0 spiro atoms. The van der Waals surface area contributed by atoms with E-state index >= 15 is 0 Å². The number of ether oxygens (including phenoxy) is 2. The first kappa shape index (κ1) is 17.0. The lowest BCUT2D eigenvalue weighted by atomic mass is 10.1. The topological polar surface area (TPSA) is 59.6 Å². The van der Waals surface area contributed by atoms with Gasteiger partial charge < -0.3 is 9.47 Å². The molecule has 1 aliphatic rings. The molecule has 0 atom stereocenters. The van der Waals surface area contributed by atoms with E-state index in [4.69, 9.17) is 14.5 Å². The normalized spacial score (nSPS) is 12.6. The van der Waals surface area contributed by atoms with E-state index in [0.29, 0.717) is 5.56 Å². The molecule has 3 heterocycles. The quantitative estimate of drug-likeness (QED) is 0.464. The van der Waals surface area contributed by atoms with Crippen LogP contribution in [0.4, 0.5) is 0 Å². The van der Waals surface area contributed by atoms with Crippen molar-refractivity contribution in [2.75, 3.05) is 6.79 Å². The lowest BCUT2D eigenvalue weighted by Crippen LogP contribution is -1.99. The molecule has 5 rings (SSSR count). The van der Waals surface area contributed by atoms with Crippen molar-refractivity contribution >= 4 is 28.4 Å². The Morgan fingerprint density at radius 1 is 1.14 bits per heavy atom. The summed E-state index contributed by atoms with van der Waals surface area (Å²) in [5.74, 6) is 2.38. The molecule has 0 unspecified atom stereocenters. The zero-order valence-electron chi connectivity index (χ0n) is 15.3. The fourth-order valence-electron chi connectivity index (χ4n) is 3.54. The van der Waals surface area contributed by atoms with Gasteiger partial charge in [0.25, 0.3) is 0 Å². The van der Waals surface area contributed by atoms with Crippen LogP contribution in [0.2, 0.25) is 0 Å². The zero-order valence-corrected chi connectivity index (χ0v) is 16.1. The van der Waals surface area contributed by atoms with Gasteiger partial charge in [0.05, 0.1) is 21.6 Å². The molecule has 6 heteroatoms. The second kappa shape index (κ2) is 6.77. The maximum Gasteiger partial charge on any atom is 0.231 e. The maximum atomic E-state index is 9.73. The van der Waals surface area contributed by atoms with E-state index in [1.807, 2.05) is 36.4 Å². The highest BCUT2D eigenvalue weighted by Crippen LogP contribution is 2.36. The molecular formula is C22H17N3O2S.